The lowest BCUT2D eigenvalue weighted by molar-refractivity contribution is -0.114. The smallest absolute Gasteiger partial charge is 0.223 e. The number of hydrogen-bond acceptors (Lipinski definition) is 4. The monoisotopic (exact) mass is 258 g/mol. The Bertz CT molecular complexity index is 716. The molecule has 2 N–H and O–H groups in total. The predicted octanol–water partition coefficient (Wildman–Crippen LogP) is 2.64. The number of thiazole rings is 1. The molecule has 0 radical (unpaired) electrons. The molecule has 0 spiro atoms. The number of hydrogen-bond donors (Lipinski definition) is 2. The van der Waals surface area contributed by atoms with Gasteiger partial charge in [-0.3, -0.25) is 4.79 Å². The maximum atomic E-state index is 11.0. The van der Waals surface area contributed by atoms with E-state index in [2.05, 4.69) is 20.3 Å². The van der Waals surface area contributed by atoms with Crippen LogP contribution in [0, 0.1) is 0 Å². The topological polar surface area (TPSA) is 70.7 Å². The number of H-pyrrole nitrogens is 1. The third-order valence-electron chi connectivity index (χ3n) is 2.51. The Labute approximate surface area is 107 Å². The van der Waals surface area contributed by atoms with E-state index in [4.69, 9.17) is 0 Å². The number of aromatic nitrogens is 3. The van der Waals surface area contributed by atoms with E-state index >= 15 is 0 Å². The molecular weight excluding hydrogens is 248 g/mol. The normalized spacial score (nSPS) is 10.7. The zero-order valence-corrected chi connectivity index (χ0v) is 10.4. The molecule has 0 fully saturated rings. The lowest BCUT2D eigenvalue weighted by Crippen LogP contribution is -2.04. The van der Waals surface area contributed by atoms with E-state index in [-0.39, 0.29) is 5.91 Å². The van der Waals surface area contributed by atoms with Crippen LogP contribution < -0.4 is 5.32 Å². The van der Waals surface area contributed by atoms with Crippen LogP contribution >= 0.6 is 11.3 Å². The fourth-order valence-corrected chi connectivity index (χ4v) is 2.53. The second-order valence-corrected chi connectivity index (χ2v) is 4.68. The third kappa shape index (κ3) is 1.86. The van der Waals surface area contributed by atoms with Gasteiger partial charge in [-0.1, -0.05) is 0 Å². The highest BCUT2D eigenvalue weighted by molar-refractivity contribution is 7.14. The molecule has 0 saturated heterocycles. The number of carbonyl (C=O) groups is 1. The zero-order chi connectivity index (χ0) is 12.5. The van der Waals surface area contributed by atoms with Crippen LogP contribution in [0.4, 0.5) is 5.13 Å². The maximum Gasteiger partial charge on any atom is 0.223 e. The van der Waals surface area contributed by atoms with Crippen molar-refractivity contribution >= 4 is 33.4 Å². The second-order valence-electron chi connectivity index (χ2n) is 3.82. The van der Waals surface area contributed by atoms with Crippen LogP contribution in [0.25, 0.3) is 22.3 Å². The number of aromatic amines is 1. The molecule has 0 aliphatic carbocycles. The van der Waals surface area contributed by atoms with Crippen LogP contribution in [0.15, 0.2) is 29.9 Å². The van der Waals surface area contributed by atoms with Gasteiger partial charge in [0.15, 0.2) is 5.13 Å². The Balaban J connectivity index is 2.04. The summed E-state index contributed by atoms with van der Waals surface area (Å²) in [7, 11) is 0. The molecule has 90 valence electrons. The summed E-state index contributed by atoms with van der Waals surface area (Å²) in [6, 6.07) is 3.88. The van der Waals surface area contributed by atoms with Gasteiger partial charge in [-0.05, 0) is 12.1 Å². The fourth-order valence-electron chi connectivity index (χ4n) is 1.77. The molecule has 6 heteroatoms. The molecule has 3 heterocycles. The maximum absolute atomic E-state index is 11.0. The Kier molecular flexibility index (Phi) is 2.56. The summed E-state index contributed by atoms with van der Waals surface area (Å²) < 4.78 is 0. The van der Waals surface area contributed by atoms with E-state index in [9.17, 15) is 4.79 Å². The first-order valence-corrected chi connectivity index (χ1v) is 6.27. The molecule has 0 aliphatic rings. The lowest BCUT2D eigenvalue weighted by Gasteiger charge is -1.94. The van der Waals surface area contributed by atoms with E-state index in [1.807, 2.05) is 23.7 Å². The molecule has 0 aromatic carbocycles. The highest BCUT2D eigenvalue weighted by atomic mass is 32.1. The van der Waals surface area contributed by atoms with E-state index < -0.39 is 0 Å². The summed E-state index contributed by atoms with van der Waals surface area (Å²) in [5, 5.41) is 6.23. The van der Waals surface area contributed by atoms with Gasteiger partial charge in [-0.25, -0.2) is 9.97 Å². The van der Waals surface area contributed by atoms with E-state index in [1.54, 1.807) is 6.20 Å². The van der Waals surface area contributed by atoms with Crippen molar-refractivity contribution in [2.75, 3.05) is 5.32 Å². The predicted molar refractivity (Wildman–Crippen MR) is 71.5 cm³/mol. The molecule has 0 bridgehead atoms. The van der Waals surface area contributed by atoms with Crippen LogP contribution in [0.5, 0.6) is 0 Å². The SMILES string of the molecule is CC(=O)Nc1nc(-c2c[nH]c3ncccc23)cs1. The van der Waals surface area contributed by atoms with Gasteiger partial charge < -0.3 is 10.3 Å². The first kappa shape index (κ1) is 10.9. The number of rotatable bonds is 2. The molecule has 3 aromatic rings. The van der Waals surface area contributed by atoms with E-state index in [0.717, 1.165) is 22.3 Å². The van der Waals surface area contributed by atoms with Crippen LogP contribution in [0.2, 0.25) is 0 Å². The Morgan fingerprint density at radius 2 is 2.39 bits per heavy atom. The zero-order valence-electron chi connectivity index (χ0n) is 9.60. The Morgan fingerprint density at radius 3 is 3.22 bits per heavy atom. The minimum atomic E-state index is -0.114. The lowest BCUT2D eigenvalue weighted by atomic mass is 10.2. The molecule has 1 amide bonds. The van der Waals surface area contributed by atoms with Crippen molar-refractivity contribution < 1.29 is 4.79 Å². The van der Waals surface area contributed by atoms with Gasteiger partial charge in [0.25, 0.3) is 0 Å². The second kappa shape index (κ2) is 4.23. The number of pyridine rings is 1. The third-order valence-corrected chi connectivity index (χ3v) is 3.27. The molecule has 18 heavy (non-hydrogen) atoms. The van der Waals surface area contributed by atoms with Gasteiger partial charge in [-0.15, -0.1) is 11.3 Å². The summed E-state index contributed by atoms with van der Waals surface area (Å²) in [6.45, 7) is 1.47. The summed E-state index contributed by atoms with van der Waals surface area (Å²) in [4.78, 5) is 22.7. The fraction of sp³-hybridized carbons (Fsp3) is 0.0833. The van der Waals surface area contributed by atoms with Gasteiger partial charge in [0.05, 0.1) is 5.69 Å². The van der Waals surface area contributed by atoms with Gasteiger partial charge in [0.2, 0.25) is 5.91 Å². The molecule has 0 unspecified atom stereocenters. The van der Waals surface area contributed by atoms with Gasteiger partial charge in [-0.2, -0.15) is 0 Å². The molecule has 0 saturated carbocycles. The molecule has 3 rings (SSSR count). The quantitative estimate of drug-likeness (QED) is 0.742. The largest absolute Gasteiger partial charge is 0.345 e. The minimum Gasteiger partial charge on any atom is -0.345 e. The Hall–Kier alpha value is -2.21. The number of carbonyl (C=O) groups excluding carboxylic acids is 1. The average Bonchev–Trinajstić information content (AvgIpc) is 2.94. The van der Waals surface area contributed by atoms with Gasteiger partial charge in [0, 0.05) is 35.6 Å². The number of nitrogens with one attached hydrogen (secondary N) is 2. The van der Waals surface area contributed by atoms with Gasteiger partial charge in [0.1, 0.15) is 5.65 Å². The molecular formula is C12H10N4OS. The Morgan fingerprint density at radius 1 is 1.50 bits per heavy atom. The number of amides is 1. The van der Waals surface area contributed by atoms with E-state index in [0.29, 0.717) is 5.13 Å². The number of fused-ring (bicyclic) bond motifs is 1. The summed E-state index contributed by atoms with van der Waals surface area (Å²) in [6.07, 6.45) is 3.62. The van der Waals surface area contributed by atoms with Crippen molar-refractivity contribution in [1.82, 2.24) is 15.0 Å². The number of anilines is 1. The molecule has 3 aromatic heterocycles. The van der Waals surface area contributed by atoms with Crippen LogP contribution in [-0.4, -0.2) is 20.9 Å². The average molecular weight is 258 g/mol. The summed E-state index contributed by atoms with van der Waals surface area (Å²) in [5.74, 6) is -0.114. The standard InChI is InChI=1S/C12H10N4OS/c1-7(17)15-12-16-10(6-18-12)9-5-14-11-8(9)3-2-4-13-11/h2-6H,1H3,(H,13,14)(H,15,16,17). The van der Waals surface area contributed by atoms with Crippen LogP contribution in [0.1, 0.15) is 6.92 Å². The van der Waals surface area contributed by atoms with Crippen LogP contribution in [-0.2, 0) is 4.79 Å². The van der Waals surface area contributed by atoms with Gasteiger partial charge >= 0.3 is 0 Å². The minimum absolute atomic E-state index is 0.114. The first-order valence-electron chi connectivity index (χ1n) is 5.39. The summed E-state index contributed by atoms with van der Waals surface area (Å²) >= 11 is 1.41. The van der Waals surface area contributed by atoms with Crippen molar-refractivity contribution in [2.45, 2.75) is 6.92 Å². The highest BCUT2D eigenvalue weighted by Gasteiger charge is 2.10. The molecule has 0 atom stereocenters. The van der Waals surface area contributed by atoms with Crippen molar-refractivity contribution in [3.8, 4) is 11.3 Å². The summed E-state index contributed by atoms with van der Waals surface area (Å²) in [5.41, 5.74) is 2.66. The van der Waals surface area contributed by atoms with Crippen molar-refractivity contribution in [3.63, 3.8) is 0 Å². The highest BCUT2D eigenvalue weighted by Crippen LogP contribution is 2.30. The van der Waals surface area contributed by atoms with Crippen molar-refractivity contribution in [3.05, 3.63) is 29.9 Å². The van der Waals surface area contributed by atoms with Crippen LogP contribution in [0.3, 0.4) is 0 Å². The number of nitrogens with zero attached hydrogens (tertiary/aromatic N) is 2. The first-order chi connectivity index (χ1) is 8.74. The van der Waals surface area contributed by atoms with Crippen molar-refractivity contribution in [2.24, 2.45) is 0 Å². The molecule has 0 aliphatic heterocycles. The van der Waals surface area contributed by atoms with E-state index in [1.165, 1.54) is 18.3 Å². The van der Waals surface area contributed by atoms with Crippen molar-refractivity contribution in [1.29, 1.82) is 0 Å². The molecule has 5 nitrogen and oxygen atoms in total.